The Morgan fingerprint density at radius 3 is 1.81 bits per heavy atom. The number of carbonyl (C=O) groups excluding carboxylic acids is 2. The van der Waals surface area contributed by atoms with Crippen molar-refractivity contribution in [1.82, 2.24) is 9.80 Å². The largest absolute Gasteiger partial charge is 0.403 e. The van der Waals surface area contributed by atoms with Crippen LogP contribution in [0.1, 0.15) is 48.5 Å². The molecule has 212 valence electrons. The Morgan fingerprint density at radius 2 is 1.30 bits per heavy atom. The van der Waals surface area contributed by atoms with Gasteiger partial charge in [0.25, 0.3) is 5.91 Å². The predicted octanol–water partition coefficient (Wildman–Crippen LogP) is 3.56. The summed E-state index contributed by atoms with van der Waals surface area (Å²) < 4.78 is 112. The Labute approximate surface area is 209 Å². The van der Waals surface area contributed by atoms with Gasteiger partial charge in [0.05, 0.1) is 6.54 Å². The normalized spacial score (nSPS) is 35.9. The molecular formula is C22H30F6N2O7. The molecule has 37 heavy (non-hydrogen) atoms. The molecule has 9 nitrogen and oxygen atoms in total. The topological polar surface area (TPSA) is 86.8 Å². The number of nitrogens with zero attached hydrogens (tertiary/aromatic N) is 2. The second-order valence-corrected chi connectivity index (χ2v) is 11.5. The van der Waals surface area contributed by atoms with Gasteiger partial charge >= 0.3 is 18.4 Å². The molecule has 4 rings (SSSR count). The fourth-order valence-corrected chi connectivity index (χ4v) is 5.32. The van der Waals surface area contributed by atoms with E-state index in [2.05, 4.69) is 0 Å². The molecule has 4 fully saturated rings. The predicted molar refractivity (Wildman–Crippen MR) is 111 cm³/mol. The number of hydrogen-bond donors (Lipinski definition) is 0. The molecule has 3 amide bonds. The summed E-state index contributed by atoms with van der Waals surface area (Å²) in [7, 11) is 0. The van der Waals surface area contributed by atoms with Gasteiger partial charge in [-0.3, -0.25) is 9.69 Å². The number of ether oxygens (including phenoxy) is 5. The maximum atomic E-state index is 13.8. The van der Waals surface area contributed by atoms with Gasteiger partial charge in [-0.25, -0.2) is 4.79 Å². The van der Waals surface area contributed by atoms with Crippen molar-refractivity contribution in [1.29, 1.82) is 0 Å². The van der Waals surface area contributed by atoms with E-state index in [4.69, 9.17) is 23.7 Å². The Morgan fingerprint density at radius 1 is 0.811 bits per heavy atom. The Hall–Kier alpha value is -1.68. The molecule has 4 saturated heterocycles. The van der Waals surface area contributed by atoms with E-state index in [9.17, 15) is 35.9 Å². The summed E-state index contributed by atoms with van der Waals surface area (Å²) in [6.07, 6.45) is -16.9. The molecule has 0 spiro atoms. The summed E-state index contributed by atoms with van der Waals surface area (Å²) in [4.78, 5) is 27.0. The van der Waals surface area contributed by atoms with Gasteiger partial charge in [-0.1, -0.05) is 0 Å². The molecular weight excluding hydrogens is 518 g/mol. The number of imide groups is 1. The molecule has 0 aromatic rings. The first-order chi connectivity index (χ1) is 16.5. The molecule has 4 aliphatic rings. The fraction of sp³-hybridized carbons (Fsp3) is 0.909. The van der Waals surface area contributed by atoms with Crippen molar-refractivity contribution < 1.29 is 59.6 Å². The summed E-state index contributed by atoms with van der Waals surface area (Å²) in [5, 5.41) is 0. The number of fused-ring (bicyclic) bond motifs is 3. The second-order valence-electron chi connectivity index (χ2n) is 11.5. The molecule has 0 bridgehead atoms. The SMILES string of the molecule is CC1(C)O[C@H]2[C@@H](O1)[C@@H](CN1C(=O)N(C(C)(C)C)C(=O)C1C(C(F)(F)F)C(F)(F)F)O[C@@H]1OC(C)(C)O[C@@H]12. The number of hydrogen-bond acceptors (Lipinski definition) is 7. The molecule has 0 aromatic carbocycles. The lowest BCUT2D eigenvalue weighted by atomic mass is 9.94. The van der Waals surface area contributed by atoms with Gasteiger partial charge in [0.15, 0.2) is 23.8 Å². The Balaban J connectivity index is 1.73. The van der Waals surface area contributed by atoms with Crippen LogP contribution in [0.5, 0.6) is 0 Å². The maximum Gasteiger partial charge on any atom is 0.403 e. The first-order valence-corrected chi connectivity index (χ1v) is 11.7. The van der Waals surface area contributed by atoms with Crippen molar-refractivity contribution in [2.45, 2.75) is 115 Å². The van der Waals surface area contributed by atoms with Gasteiger partial charge in [0.1, 0.15) is 30.5 Å². The Kier molecular flexibility index (Phi) is 6.44. The zero-order valence-electron chi connectivity index (χ0n) is 21.3. The smallest absolute Gasteiger partial charge is 0.342 e. The van der Waals surface area contributed by atoms with Crippen molar-refractivity contribution in [3.05, 3.63) is 0 Å². The van der Waals surface area contributed by atoms with Crippen molar-refractivity contribution in [3.8, 4) is 0 Å². The first kappa shape index (κ1) is 28.3. The molecule has 0 saturated carbocycles. The lowest BCUT2D eigenvalue weighted by Gasteiger charge is -2.40. The molecule has 0 aliphatic carbocycles. The first-order valence-electron chi connectivity index (χ1n) is 11.7. The van der Waals surface area contributed by atoms with E-state index in [-0.39, 0.29) is 4.90 Å². The quantitative estimate of drug-likeness (QED) is 0.394. The molecule has 0 aromatic heterocycles. The van der Waals surface area contributed by atoms with Crippen molar-refractivity contribution in [3.63, 3.8) is 0 Å². The number of alkyl halides is 6. The number of urea groups is 1. The van der Waals surface area contributed by atoms with E-state index in [0.717, 1.165) is 0 Å². The molecule has 0 N–H and O–H groups in total. The van der Waals surface area contributed by atoms with E-state index in [1.54, 1.807) is 27.7 Å². The zero-order chi connectivity index (χ0) is 28.1. The van der Waals surface area contributed by atoms with Gasteiger partial charge in [0, 0.05) is 5.54 Å². The lowest BCUT2D eigenvalue weighted by molar-refractivity contribution is -0.295. The van der Waals surface area contributed by atoms with Crippen molar-refractivity contribution in [2.24, 2.45) is 5.92 Å². The summed E-state index contributed by atoms with van der Waals surface area (Å²) in [6.45, 7) is 9.50. The third-order valence-corrected chi connectivity index (χ3v) is 6.57. The third kappa shape index (κ3) is 5.04. The lowest BCUT2D eigenvalue weighted by Crippen LogP contribution is -2.60. The number of halogens is 6. The minimum Gasteiger partial charge on any atom is -0.342 e. The summed E-state index contributed by atoms with van der Waals surface area (Å²) >= 11 is 0. The Bertz CT molecular complexity index is 933. The average molecular weight is 548 g/mol. The molecule has 1 unspecified atom stereocenters. The van der Waals surface area contributed by atoms with Crippen LogP contribution in [-0.4, -0.2) is 94.5 Å². The van der Waals surface area contributed by atoms with Gasteiger partial charge < -0.3 is 28.6 Å². The second kappa shape index (κ2) is 8.41. The summed E-state index contributed by atoms with van der Waals surface area (Å²) in [6, 6.07) is -4.19. The van der Waals surface area contributed by atoms with Crippen molar-refractivity contribution in [2.75, 3.05) is 6.54 Å². The van der Waals surface area contributed by atoms with E-state index in [1.807, 2.05) is 0 Å². The van der Waals surface area contributed by atoms with Crippen LogP contribution < -0.4 is 0 Å². The molecule has 15 heteroatoms. The number of carbonyl (C=O) groups is 2. The maximum absolute atomic E-state index is 13.8. The highest BCUT2D eigenvalue weighted by Crippen LogP contribution is 2.48. The highest BCUT2D eigenvalue weighted by molar-refractivity contribution is 6.05. The minimum atomic E-state index is -5.87. The minimum absolute atomic E-state index is 0.275. The zero-order valence-corrected chi connectivity index (χ0v) is 21.3. The van der Waals surface area contributed by atoms with E-state index in [0.29, 0.717) is 4.90 Å². The van der Waals surface area contributed by atoms with Crippen LogP contribution in [0, 0.1) is 5.92 Å². The van der Waals surface area contributed by atoms with Gasteiger partial charge in [-0.15, -0.1) is 0 Å². The van der Waals surface area contributed by atoms with E-state index in [1.165, 1.54) is 20.8 Å². The fourth-order valence-electron chi connectivity index (χ4n) is 5.32. The van der Waals surface area contributed by atoms with Gasteiger partial charge in [-0.2, -0.15) is 26.3 Å². The number of rotatable bonds is 3. The standard InChI is InChI=1S/C22H30F6N2O7/c1-18(2,3)30-15(31)10(14(21(23,24)25)22(26,27)28)29(17(30)32)8-9-11-12(35-19(4,5)34-11)13-16(33-9)37-20(6,7)36-13/h9-14,16H,8H2,1-7H3/t9-,10?,11+,12+,13-,16-/m1/s1. The van der Waals surface area contributed by atoms with Crippen LogP contribution >= 0.6 is 0 Å². The molecule has 0 radical (unpaired) electrons. The summed E-state index contributed by atoms with van der Waals surface area (Å²) in [5.74, 6) is -8.05. The molecule has 4 aliphatic heterocycles. The van der Waals surface area contributed by atoms with Crippen LogP contribution in [0.3, 0.4) is 0 Å². The number of amides is 3. The van der Waals surface area contributed by atoms with E-state index < -0.39 is 90.6 Å². The summed E-state index contributed by atoms with van der Waals surface area (Å²) in [5.41, 5.74) is -1.40. The van der Waals surface area contributed by atoms with E-state index >= 15 is 0 Å². The van der Waals surface area contributed by atoms with Gasteiger partial charge in [-0.05, 0) is 48.5 Å². The van der Waals surface area contributed by atoms with Crippen LogP contribution in [0.4, 0.5) is 31.1 Å². The van der Waals surface area contributed by atoms with Crippen LogP contribution in [0.25, 0.3) is 0 Å². The van der Waals surface area contributed by atoms with Crippen LogP contribution in [0.15, 0.2) is 0 Å². The average Bonchev–Trinajstić information content (AvgIpc) is 3.22. The monoisotopic (exact) mass is 548 g/mol. The van der Waals surface area contributed by atoms with Crippen LogP contribution in [0.2, 0.25) is 0 Å². The molecule has 6 atom stereocenters. The van der Waals surface area contributed by atoms with Crippen LogP contribution in [-0.2, 0) is 28.5 Å². The highest BCUT2D eigenvalue weighted by atomic mass is 19.4. The third-order valence-electron chi connectivity index (χ3n) is 6.57. The molecule has 4 heterocycles. The van der Waals surface area contributed by atoms with Crippen molar-refractivity contribution >= 4 is 11.9 Å². The highest BCUT2D eigenvalue weighted by Gasteiger charge is 2.69. The van der Waals surface area contributed by atoms with Gasteiger partial charge in [0.2, 0.25) is 0 Å².